The first kappa shape index (κ1) is 18.8. The minimum Gasteiger partial charge on any atom is -0.342 e. The van der Waals surface area contributed by atoms with Crippen LogP contribution in [0, 0.1) is 13.8 Å². The van der Waals surface area contributed by atoms with Crippen LogP contribution in [0.1, 0.15) is 43.2 Å². The van der Waals surface area contributed by atoms with Gasteiger partial charge in [-0.15, -0.1) is 11.8 Å². The number of amides is 2. The molecule has 4 nitrogen and oxygen atoms in total. The third kappa shape index (κ3) is 5.55. The topological polar surface area (TPSA) is 49.4 Å². The van der Waals surface area contributed by atoms with Crippen molar-refractivity contribution in [3.05, 3.63) is 29.3 Å². The number of hydrogen-bond acceptors (Lipinski definition) is 3. The Labute approximate surface area is 149 Å². The van der Waals surface area contributed by atoms with Gasteiger partial charge in [-0.05, 0) is 49.9 Å². The number of benzene rings is 1. The van der Waals surface area contributed by atoms with E-state index in [9.17, 15) is 9.59 Å². The highest BCUT2D eigenvalue weighted by Gasteiger charge is 2.21. The molecular weight excluding hydrogens is 320 g/mol. The van der Waals surface area contributed by atoms with E-state index in [-0.39, 0.29) is 11.8 Å². The summed E-state index contributed by atoms with van der Waals surface area (Å²) in [5.74, 6) is 0.743. The van der Waals surface area contributed by atoms with Crippen LogP contribution in [-0.2, 0) is 9.59 Å². The second-order valence-electron chi connectivity index (χ2n) is 6.64. The summed E-state index contributed by atoms with van der Waals surface area (Å²) in [4.78, 5) is 26.1. The molecule has 1 aromatic rings. The van der Waals surface area contributed by atoms with E-state index in [1.807, 2.05) is 44.0 Å². The molecule has 1 fully saturated rings. The fourth-order valence-electron chi connectivity index (χ4n) is 3.02. The van der Waals surface area contributed by atoms with Gasteiger partial charge in [-0.25, -0.2) is 0 Å². The molecule has 0 aliphatic heterocycles. The monoisotopic (exact) mass is 348 g/mol. The molecule has 5 heteroatoms. The maximum absolute atomic E-state index is 12.2. The van der Waals surface area contributed by atoms with Crippen molar-refractivity contribution in [3.63, 3.8) is 0 Å². The quantitative estimate of drug-likeness (QED) is 0.851. The van der Waals surface area contributed by atoms with Gasteiger partial charge in [0.05, 0.1) is 11.5 Å². The number of rotatable bonds is 6. The maximum Gasteiger partial charge on any atom is 0.234 e. The first-order valence-corrected chi connectivity index (χ1v) is 9.83. The van der Waals surface area contributed by atoms with E-state index < -0.39 is 0 Å². The molecule has 1 N–H and O–H groups in total. The molecule has 1 aliphatic carbocycles. The van der Waals surface area contributed by atoms with Gasteiger partial charge in [0.1, 0.15) is 0 Å². The Morgan fingerprint density at radius 3 is 2.50 bits per heavy atom. The van der Waals surface area contributed by atoms with Crippen LogP contribution in [0.2, 0.25) is 0 Å². The van der Waals surface area contributed by atoms with Gasteiger partial charge in [-0.3, -0.25) is 9.59 Å². The third-order valence-electron chi connectivity index (χ3n) is 4.77. The Kier molecular flexibility index (Phi) is 7.16. The predicted octanol–water partition coefficient (Wildman–Crippen LogP) is 3.77. The van der Waals surface area contributed by atoms with Crippen molar-refractivity contribution in [2.75, 3.05) is 23.9 Å². The van der Waals surface area contributed by atoms with Gasteiger partial charge in [0.2, 0.25) is 11.8 Å². The fraction of sp³-hybridized carbons (Fsp3) is 0.579. The highest BCUT2D eigenvalue weighted by Crippen LogP contribution is 2.22. The zero-order valence-corrected chi connectivity index (χ0v) is 15.7. The Hall–Kier alpha value is -1.49. The van der Waals surface area contributed by atoms with Gasteiger partial charge < -0.3 is 10.2 Å². The molecule has 24 heavy (non-hydrogen) atoms. The molecule has 2 rings (SSSR count). The van der Waals surface area contributed by atoms with E-state index in [1.54, 1.807) is 0 Å². The number of thioether (sulfide) groups is 1. The lowest BCUT2D eigenvalue weighted by atomic mass is 9.94. The molecule has 0 aromatic heterocycles. The summed E-state index contributed by atoms with van der Waals surface area (Å²) in [5, 5.41) is 2.89. The lowest BCUT2D eigenvalue weighted by Crippen LogP contribution is -2.39. The average molecular weight is 349 g/mol. The van der Waals surface area contributed by atoms with E-state index in [1.165, 1.54) is 36.6 Å². The molecule has 1 aliphatic rings. The first-order chi connectivity index (χ1) is 11.5. The van der Waals surface area contributed by atoms with Crippen LogP contribution in [0.3, 0.4) is 0 Å². The highest BCUT2D eigenvalue weighted by atomic mass is 32.2. The average Bonchev–Trinajstić information content (AvgIpc) is 2.58. The standard InChI is InChI=1S/C19H28N2O2S/c1-14-9-10-16(11-15(14)2)20-18(22)12-24-13-19(23)21(3)17-7-5-4-6-8-17/h9-11,17H,4-8,12-13H2,1-3H3,(H,20,22). The SMILES string of the molecule is Cc1ccc(NC(=O)CSCC(=O)N(C)C2CCCCC2)cc1C. The van der Waals surface area contributed by atoms with Crippen LogP contribution in [0.5, 0.6) is 0 Å². The summed E-state index contributed by atoms with van der Waals surface area (Å²) in [7, 11) is 1.90. The van der Waals surface area contributed by atoms with Crippen molar-refractivity contribution >= 4 is 29.3 Å². The molecule has 0 bridgehead atoms. The molecule has 0 atom stereocenters. The molecule has 1 aromatic carbocycles. The number of nitrogens with one attached hydrogen (secondary N) is 1. The Morgan fingerprint density at radius 2 is 1.83 bits per heavy atom. The second-order valence-corrected chi connectivity index (χ2v) is 7.62. The molecule has 2 amide bonds. The van der Waals surface area contributed by atoms with Crippen molar-refractivity contribution in [2.45, 2.75) is 52.0 Å². The molecule has 0 radical (unpaired) electrons. The van der Waals surface area contributed by atoms with E-state index in [0.29, 0.717) is 17.5 Å². The van der Waals surface area contributed by atoms with E-state index in [0.717, 1.165) is 24.1 Å². The minimum absolute atomic E-state index is 0.0589. The molecule has 132 valence electrons. The number of anilines is 1. The lowest BCUT2D eigenvalue weighted by molar-refractivity contribution is -0.129. The Bertz CT molecular complexity index is 583. The van der Waals surface area contributed by atoms with Crippen molar-refractivity contribution in [3.8, 4) is 0 Å². The normalized spacial score (nSPS) is 15.1. The van der Waals surface area contributed by atoms with Crippen molar-refractivity contribution in [1.29, 1.82) is 0 Å². The first-order valence-electron chi connectivity index (χ1n) is 8.68. The highest BCUT2D eigenvalue weighted by molar-refractivity contribution is 8.00. The van der Waals surface area contributed by atoms with Gasteiger partial charge in [-0.1, -0.05) is 25.3 Å². The van der Waals surface area contributed by atoms with E-state index >= 15 is 0 Å². The van der Waals surface area contributed by atoms with E-state index in [4.69, 9.17) is 0 Å². The van der Waals surface area contributed by atoms with Gasteiger partial charge in [0.25, 0.3) is 0 Å². The van der Waals surface area contributed by atoms with Crippen molar-refractivity contribution < 1.29 is 9.59 Å². The van der Waals surface area contributed by atoms with Gasteiger partial charge in [0.15, 0.2) is 0 Å². The number of carbonyl (C=O) groups excluding carboxylic acids is 2. The summed E-state index contributed by atoms with van der Waals surface area (Å²) in [6, 6.07) is 6.27. The molecule has 0 unspecified atom stereocenters. The predicted molar refractivity (Wildman–Crippen MR) is 102 cm³/mol. The summed E-state index contributed by atoms with van der Waals surface area (Å²) in [6.45, 7) is 4.07. The summed E-state index contributed by atoms with van der Waals surface area (Å²) >= 11 is 1.39. The van der Waals surface area contributed by atoms with Crippen LogP contribution < -0.4 is 5.32 Å². The summed E-state index contributed by atoms with van der Waals surface area (Å²) < 4.78 is 0. The minimum atomic E-state index is -0.0589. The number of carbonyl (C=O) groups is 2. The van der Waals surface area contributed by atoms with Crippen LogP contribution in [-0.4, -0.2) is 41.3 Å². The number of nitrogens with zero attached hydrogens (tertiary/aromatic N) is 1. The van der Waals surface area contributed by atoms with Crippen molar-refractivity contribution in [2.24, 2.45) is 0 Å². The largest absolute Gasteiger partial charge is 0.342 e. The summed E-state index contributed by atoms with van der Waals surface area (Å²) in [5.41, 5.74) is 3.18. The fourth-order valence-corrected chi connectivity index (χ4v) is 3.76. The van der Waals surface area contributed by atoms with E-state index in [2.05, 4.69) is 5.32 Å². The van der Waals surface area contributed by atoms with Crippen LogP contribution in [0.4, 0.5) is 5.69 Å². The third-order valence-corrected chi connectivity index (χ3v) is 5.68. The van der Waals surface area contributed by atoms with Crippen LogP contribution >= 0.6 is 11.8 Å². The smallest absolute Gasteiger partial charge is 0.234 e. The molecule has 0 saturated heterocycles. The second kappa shape index (κ2) is 9.11. The number of hydrogen-bond donors (Lipinski definition) is 1. The molecule has 1 saturated carbocycles. The Balaban J connectivity index is 1.71. The van der Waals surface area contributed by atoms with Gasteiger partial charge in [0, 0.05) is 18.8 Å². The van der Waals surface area contributed by atoms with Gasteiger partial charge >= 0.3 is 0 Å². The molecule has 0 spiro atoms. The van der Waals surface area contributed by atoms with Crippen LogP contribution in [0.25, 0.3) is 0 Å². The lowest BCUT2D eigenvalue weighted by Gasteiger charge is -2.31. The maximum atomic E-state index is 12.2. The molecular formula is C19H28N2O2S. The Morgan fingerprint density at radius 1 is 1.12 bits per heavy atom. The number of aryl methyl sites for hydroxylation is 2. The molecule has 0 heterocycles. The zero-order valence-electron chi connectivity index (χ0n) is 14.9. The van der Waals surface area contributed by atoms with Crippen LogP contribution in [0.15, 0.2) is 18.2 Å². The van der Waals surface area contributed by atoms with Gasteiger partial charge in [-0.2, -0.15) is 0 Å². The van der Waals surface area contributed by atoms with Crippen molar-refractivity contribution in [1.82, 2.24) is 4.90 Å². The summed E-state index contributed by atoms with van der Waals surface area (Å²) in [6.07, 6.45) is 5.94. The zero-order chi connectivity index (χ0) is 17.5.